The van der Waals surface area contributed by atoms with E-state index in [9.17, 15) is 4.79 Å². The number of allylic oxidation sites excluding steroid dienone is 3. The number of nitrogens with one attached hydrogen (secondary N) is 1. The van der Waals surface area contributed by atoms with Gasteiger partial charge in [0.25, 0.3) is 0 Å². The molecule has 1 saturated heterocycles. The van der Waals surface area contributed by atoms with E-state index < -0.39 is 0 Å². The highest BCUT2D eigenvalue weighted by Crippen LogP contribution is 2.30. The quantitative estimate of drug-likeness (QED) is 0.844. The summed E-state index contributed by atoms with van der Waals surface area (Å²) in [6.45, 7) is 8.69. The minimum absolute atomic E-state index is 0.00297. The highest BCUT2D eigenvalue weighted by atomic mass is 32.1. The normalized spacial score (nSPS) is 20.4. The maximum Gasteiger partial charge on any atom is 0.322 e. The molecule has 2 aromatic rings. The van der Waals surface area contributed by atoms with Gasteiger partial charge in [-0.2, -0.15) is 0 Å². The fraction of sp³-hybridized carbons (Fsp3) is 0.476. The van der Waals surface area contributed by atoms with E-state index in [4.69, 9.17) is 0 Å². The van der Waals surface area contributed by atoms with Crippen LogP contribution in [0.3, 0.4) is 0 Å². The van der Waals surface area contributed by atoms with Crippen LogP contribution in [0.25, 0.3) is 10.2 Å². The Morgan fingerprint density at radius 2 is 2.18 bits per heavy atom. The molecule has 3 heterocycles. The van der Waals surface area contributed by atoms with Crippen LogP contribution in [0.5, 0.6) is 0 Å². The molecule has 2 aromatic heterocycles. The summed E-state index contributed by atoms with van der Waals surface area (Å²) in [5.41, 5.74) is 3.19. The van der Waals surface area contributed by atoms with Gasteiger partial charge in [-0.15, -0.1) is 11.3 Å². The van der Waals surface area contributed by atoms with Gasteiger partial charge in [0.2, 0.25) is 0 Å². The van der Waals surface area contributed by atoms with Gasteiger partial charge in [0.1, 0.15) is 12.1 Å². The number of fused-ring (bicyclic) bond motifs is 1. The maximum atomic E-state index is 13.0. The number of anilines is 1. The van der Waals surface area contributed by atoms with E-state index in [1.807, 2.05) is 17.0 Å². The molecule has 1 unspecified atom stereocenters. The lowest BCUT2D eigenvalue weighted by Gasteiger charge is -2.43. The second-order valence-corrected chi connectivity index (χ2v) is 8.76. The average Bonchev–Trinajstić information content (AvgIpc) is 3.18. The molecule has 148 valence electrons. The molecule has 28 heavy (non-hydrogen) atoms. The zero-order valence-corrected chi connectivity index (χ0v) is 17.5. The Balaban J connectivity index is 1.53. The van der Waals surface area contributed by atoms with Gasteiger partial charge in [0.15, 0.2) is 0 Å². The number of aromatic nitrogens is 2. The molecule has 0 spiro atoms. The fourth-order valence-corrected chi connectivity index (χ4v) is 4.80. The molecule has 1 fully saturated rings. The van der Waals surface area contributed by atoms with E-state index >= 15 is 0 Å². The number of nitrogens with zero attached hydrogens (tertiary/aromatic N) is 4. The third-order valence-electron chi connectivity index (χ3n) is 5.64. The van der Waals surface area contributed by atoms with Crippen molar-refractivity contribution in [2.45, 2.75) is 39.7 Å². The summed E-state index contributed by atoms with van der Waals surface area (Å²) in [4.78, 5) is 26.3. The van der Waals surface area contributed by atoms with Gasteiger partial charge in [0, 0.05) is 25.3 Å². The van der Waals surface area contributed by atoms with Crippen LogP contribution in [-0.4, -0.2) is 46.6 Å². The maximum absolute atomic E-state index is 13.0. The Morgan fingerprint density at radius 3 is 2.96 bits per heavy atom. The number of piperazine rings is 1. The van der Waals surface area contributed by atoms with E-state index in [0.717, 1.165) is 47.7 Å². The van der Waals surface area contributed by atoms with Crippen molar-refractivity contribution in [1.29, 1.82) is 0 Å². The first-order valence-electron chi connectivity index (χ1n) is 9.91. The molecular formula is C21H27N5OS. The number of hydrogen-bond donors (Lipinski definition) is 1. The first kappa shape index (κ1) is 18.9. The molecule has 7 heteroatoms. The van der Waals surface area contributed by atoms with Crippen molar-refractivity contribution >= 4 is 33.4 Å². The molecule has 1 aliphatic carbocycles. The molecule has 0 bridgehead atoms. The number of urea groups is 1. The Hall–Kier alpha value is -2.41. The summed E-state index contributed by atoms with van der Waals surface area (Å²) in [5.74, 6) is 1.34. The van der Waals surface area contributed by atoms with Gasteiger partial charge in [0.05, 0.1) is 16.3 Å². The van der Waals surface area contributed by atoms with Crippen LogP contribution < -0.4 is 10.2 Å². The third-order valence-corrected chi connectivity index (χ3v) is 6.54. The molecular weight excluding hydrogens is 370 g/mol. The van der Waals surface area contributed by atoms with Crippen molar-refractivity contribution in [2.75, 3.05) is 24.5 Å². The van der Waals surface area contributed by atoms with Gasteiger partial charge in [-0.3, -0.25) is 0 Å². The summed E-state index contributed by atoms with van der Waals surface area (Å²) in [5, 5.41) is 5.20. The van der Waals surface area contributed by atoms with E-state index in [-0.39, 0.29) is 12.1 Å². The molecule has 1 atom stereocenters. The number of carbonyl (C=O) groups excluding carboxylic acids is 1. The van der Waals surface area contributed by atoms with Crippen LogP contribution in [0.4, 0.5) is 10.6 Å². The summed E-state index contributed by atoms with van der Waals surface area (Å²) in [7, 11) is 0. The van der Waals surface area contributed by atoms with Crippen molar-refractivity contribution in [2.24, 2.45) is 5.92 Å². The molecule has 6 nitrogen and oxygen atoms in total. The lowest BCUT2D eigenvalue weighted by Crippen LogP contribution is -2.59. The summed E-state index contributed by atoms with van der Waals surface area (Å²) >= 11 is 1.67. The molecule has 0 saturated carbocycles. The zero-order valence-electron chi connectivity index (χ0n) is 16.7. The fourth-order valence-electron chi connectivity index (χ4n) is 3.94. The van der Waals surface area contributed by atoms with E-state index in [0.29, 0.717) is 12.5 Å². The Labute approximate surface area is 170 Å². The molecule has 1 aliphatic heterocycles. The smallest absolute Gasteiger partial charge is 0.322 e. The number of thiophene rings is 1. The second kappa shape index (κ2) is 7.91. The standard InChI is InChI=1S/C21H27N5OS/c1-14(2)18-12-25(20-19-17(8-11-28-19)22-13-23-20)9-10-26(18)21(27)24-16-7-5-4-6-15(16)3/h5,7-8,11,13-14,18H,4,6,9-10,12H2,1-3H3,(H,24,27). The van der Waals surface area contributed by atoms with E-state index in [1.165, 1.54) is 5.57 Å². The van der Waals surface area contributed by atoms with Gasteiger partial charge in [-0.1, -0.05) is 19.9 Å². The van der Waals surface area contributed by atoms with Crippen LogP contribution in [0.15, 0.2) is 41.2 Å². The average molecular weight is 398 g/mol. The predicted molar refractivity (Wildman–Crippen MR) is 115 cm³/mol. The first-order chi connectivity index (χ1) is 13.5. The number of hydrogen-bond acceptors (Lipinski definition) is 5. The third kappa shape index (κ3) is 3.63. The van der Waals surface area contributed by atoms with E-state index in [1.54, 1.807) is 17.7 Å². The molecule has 0 radical (unpaired) electrons. The highest BCUT2D eigenvalue weighted by molar-refractivity contribution is 7.17. The van der Waals surface area contributed by atoms with Gasteiger partial charge in [-0.25, -0.2) is 14.8 Å². The minimum atomic E-state index is 0.00297. The number of rotatable bonds is 3. The molecule has 4 rings (SSSR count). The van der Waals surface area contributed by atoms with Crippen molar-refractivity contribution in [3.05, 3.63) is 41.2 Å². The largest absolute Gasteiger partial charge is 0.351 e. The summed E-state index contributed by atoms with van der Waals surface area (Å²) < 4.78 is 1.12. The summed E-state index contributed by atoms with van der Waals surface area (Å²) in [6.07, 6.45) is 7.86. The van der Waals surface area contributed by atoms with Crippen LogP contribution in [0.1, 0.15) is 33.6 Å². The topological polar surface area (TPSA) is 61.4 Å². The van der Waals surface area contributed by atoms with Crippen LogP contribution in [-0.2, 0) is 0 Å². The molecule has 0 aromatic carbocycles. The van der Waals surface area contributed by atoms with Crippen LogP contribution in [0, 0.1) is 5.92 Å². The lowest BCUT2D eigenvalue weighted by molar-refractivity contribution is 0.147. The Bertz CT molecular complexity index is 932. The van der Waals surface area contributed by atoms with Crippen molar-refractivity contribution in [1.82, 2.24) is 20.2 Å². The Kier molecular flexibility index (Phi) is 5.35. The van der Waals surface area contributed by atoms with Crippen LogP contribution >= 0.6 is 11.3 Å². The highest BCUT2D eigenvalue weighted by Gasteiger charge is 2.34. The first-order valence-corrected chi connectivity index (χ1v) is 10.8. The van der Waals surface area contributed by atoms with Crippen LogP contribution in [0.2, 0.25) is 0 Å². The predicted octanol–water partition coefficient (Wildman–Crippen LogP) is 4.17. The van der Waals surface area contributed by atoms with Gasteiger partial charge in [-0.05, 0) is 48.8 Å². The van der Waals surface area contributed by atoms with Gasteiger partial charge < -0.3 is 15.1 Å². The summed E-state index contributed by atoms with van der Waals surface area (Å²) in [6, 6.07) is 2.16. The lowest BCUT2D eigenvalue weighted by atomic mass is 9.99. The second-order valence-electron chi connectivity index (χ2n) is 7.85. The van der Waals surface area contributed by atoms with Gasteiger partial charge >= 0.3 is 6.03 Å². The minimum Gasteiger partial charge on any atom is -0.351 e. The van der Waals surface area contributed by atoms with Crippen molar-refractivity contribution < 1.29 is 4.79 Å². The van der Waals surface area contributed by atoms with E-state index in [2.05, 4.69) is 52.4 Å². The van der Waals surface area contributed by atoms with Crippen molar-refractivity contribution in [3.63, 3.8) is 0 Å². The number of carbonyl (C=O) groups is 1. The molecule has 1 N–H and O–H groups in total. The monoisotopic (exact) mass is 397 g/mol. The SMILES string of the molecule is CC1=C(NC(=O)N2CCN(c3ncnc4ccsc34)CC2C(C)C)C=CCC1. The number of amides is 2. The Morgan fingerprint density at radius 1 is 1.32 bits per heavy atom. The molecule has 2 amide bonds. The zero-order chi connectivity index (χ0) is 19.7. The van der Waals surface area contributed by atoms with Crippen molar-refractivity contribution in [3.8, 4) is 0 Å². The molecule has 2 aliphatic rings.